The topological polar surface area (TPSA) is 72.9 Å². The standard InChI is InChI=1S/C20H21FN4O2/c1-24-8-5-13(6-9-24)15-11-19(17-4-7-23-25(17)12-15)27-18-3-2-14(20(22)26)10-16(18)21/h2-4,7,10-13H,5-6,8-9H2,1H3,(H2,22,26). The van der Waals surface area contributed by atoms with Crippen molar-refractivity contribution in [1.29, 1.82) is 0 Å². The number of carbonyl (C=O) groups is 1. The Bertz CT molecular complexity index is 993. The fraction of sp³-hybridized carbons (Fsp3) is 0.300. The number of pyridine rings is 1. The van der Waals surface area contributed by atoms with Gasteiger partial charge in [-0.25, -0.2) is 8.91 Å². The number of benzene rings is 1. The second-order valence-electron chi connectivity index (χ2n) is 6.99. The van der Waals surface area contributed by atoms with Crippen molar-refractivity contribution in [3.05, 3.63) is 59.7 Å². The zero-order valence-corrected chi connectivity index (χ0v) is 15.1. The Morgan fingerprint density at radius 2 is 2.00 bits per heavy atom. The number of rotatable bonds is 4. The maximum Gasteiger partial charge on any atom is 0.248 e. The molecule has 1 amide bonds. The van der Waals surface area contributed by atoms with Gasteiger partial charge in [-0.3, -0.25) is 4.79 Å². The number of hydrogen-bond donors (Lipinski definition) is 1. The fourth-order valence-electron chi connectivity index (χ4n) is 3.52. The van der Waals surface area contributed by atoms with Crippen LogP contribution in [0, 0.1) is 5.82 Å². The summed E-state index contributed by atoms with van der Waals surface area (Å²) < 4.78 is 22.0. The predicted molar refractivity (Wildman–Crippen MR) is 99.7 cm³/mol. The van der Waals surface area contributed by atoms with Gasteiger partial charge in [0, 0.05) is 11.8 Å². The minimum Gasteiger partial charge on any atom is -0.452 e. The third-order valence-electron chi connectivity index (χ3n) is 5.12. The first-order valence-electron chi connectivity index (χ1n) is 8.94. The van der Waals surface area contributed by atoms with Gasteiger partial charge in [0.25, 0.3) is 0 Å². The number of carbonyl (C=O) groups excluding carboxylic acids is 1. The summed E-state index contributed by atoms with van der Waals surface area (Å²) in [5.74, 6) is -0.311. The molecule has 0 radical (unpaired) electrons. The van der Waals surface area contributed by atoms with E-state index in [-0.39, 0.29) is 11.3 Å². The highest BCUT2D eigenvalue weighted by Gasteiger charge is 2.21. The average Bonchev–Trinajstić information content (AvgIpc) is 3.12. The Kier molecular flexibility index (Phi) is 4.53. The molecule has 1 fully saturated rings. The molecule has 2 N–H and O–H groups in total. The molecule has 0 saturated carbocycles. The van der Waals surface area contributed by atoms with Crippen LogP contribution in [-0.2, 0) is 0 Å². The third kappa shape index (κ3) is 3.50. The third-order valence-corrected chi connectivity index (χ3v) is 5.12. The molecule has 0 bridgehead atoms. The number of halogens is 1. The largest absolute Gasteiger partial charge is 0.452 e. The minimum atomic E-state index is -0.678. The zero-order valence-electron chi connectivity index (χ0n) is 15.1. The summed E-state index contributed by atoms with van der Waals surface area (Å²) in [5, 5.41) is 4.32. The van der Waals surface area contributed by atoms with Crippen molar-refractivity contribution in [2.45, 2.75) is 18.8 Å². The molecule has 1 saturated heterocycles. The van der Waals surface area contributed by atoms with E-state index in [0.29, 0.717) is 11.7 Å². The predicted octanol–water partition coefficient (Wildman–Crippen LogP) is 3.17. The van der Waals surface area contributed by atoms with Crippen LogP contribution in [0.15, 0.2) is 42.7 Å². The molecule has 6 nitrogen and oxygen atoms in total. The molecule has 1 aliphatic heterocycles. The van der Waals surface area contributed by atoms with Crippen molar-refractivity contribution in [2.75, 3.05) is 20.1 Å². The molecule has 0 unspecified atom stereocenters. The van der Waals surface area contributed by atoms with Gasteiger partial charge < -0.3 is 15.4 Å². The normalized spacial score (nSPS) is 15.9. The summed E-state index contributed by atoms with van der Waals surface area (Å²) in [7, 11) is 2.12. The number of fused-ring (bicyclic) bond motifs is 1. The Balaban J connectivity index is 1.69. The molecule has 2 aromatic heterocycles. The van der Waals surface area contributed by atoms with Gasteiger partial charge in [0.1, 0.15) is 5.52 Å². The van der Waals surface area contributed by atoms with E-state index in [9.17, 15) is 9.18 Å². The number of nitrogens with two attached hydrogens (primary N) is 1. The van der Waals surface area contributed by atoms with E-state index >= 15 is 0 Å². The number of amides is 1. The highest BCUT2D eigenvalue weighted by molar-refractivity contribution is 5.92. The molecular formula is C20H21FN4O2. The number of piperidine rings is 1. The number of nitrogens with zero attached hydrogens (tertiary/aromatic N) is 3. The van der Waals surface area contributed by atoms with E-state index in [4.69, 9.17) is 10.5 Å². The van der Waals surface area contributed by atoms with E-state index in [1.165, 1.54) is 12.1 Å². The van der Waals surface area contributed by atoms with E-state index in [1.807, 2.05) is 18.3 Å². The van der Waals surface area contributed by atoms with Gasteiger partial charge >= 0.3 is 0 Å². The summed E-state index contributed by atoms with van der Waals surface area (Å²) in [5.41, 5.74) is 7.19. The number of primary amides is 1. The van der Waals surface area contributed by atoms with Crippen LogP contribution in [0.4, 0.5) is 4.39 Å². The van der Waals surface area contributed by atoms with Crippen molar-refractivity contribution in [3.63, 3.8) is 0 Å². The van der Waals surface area contributed by atoms with Crippen molar-refractivity contribution >= 4 is 11.4 Å². The van der Waals surface area contributed by atoms with Crippen LogP contribution in [0.2, 0.25) is 0 Å². The summed E-state index contributed by atoms with van der Waals surface area (Å²) in [6, 6.07) is 7.75. The molecule has 27 heavy (non-hydrogen) atoms. The first-order valence-corrected chi connectivity index (χ1v) is 8.94. The fourth-order valence-corrected chi connectivity index (χ4v) is 3.52. The minimum absolute atomic E-state index is 0.0450. The van der Waals surface area contributed by atoms with Crippen LogP contribution in [0.5, 0.6) is 11.5 Å². The SMILES string of the molecule is CN1CCC(c2cc(Oc3ccc(C(N)=O)cc3F)c3ccnn3c2)CC1. The maximum absolute atomic E-state index is 14.4. The number of hydrogen-bond acceptors (Lipinski definition) is 4. The summed E-state index contributed by atoms with van der Waals surface area (Å²) >= 11 is 0. The Labute approximate surface area is 156 Å². The summed E-state index contributed by atoms with van der Waals surface area (Å²) in [6.45, 7) is 2.09. The quantitative estimate of drug-likeness (QED) is 0.768. The van der Waals surface area contributed by atoms with E-state index in [2.05, 4.69) is 17.0 Å². The number of ether oxygens (including phenoxy) is 1. The van der Waals surface area contributed by atoms with Crippen LogP contribution in [0.25, 0.3) is 5.52 Å². The second kappa shape index (κ2) is 7.00. The lowest BCUT2D eigenvalue weighted by atomic mass is 9.90. The van der Waals surface area contributed by atoms with Crippen LogP contribution in [0.1, 0.15) is 34.7 Å². The molecule has 140 valence electrons. The zero-order chi connectivity index (χ0) is 19.0. The van der Waals surface area contributed by atoms with Crippen LogP contribution in [-0.4, -0.2) is 40.6 Å². The maximum atomic E-state index is 14.4. The molecule has 1 aromatic carbocycles. The van der Waals surface area contributed by atoms with Gasteiger partial charge in [0.15, 0.2) is 17.3 Å². The number of aromatic nitrogens is 2. The molecule has 0 spiro atoms. The van der Waals surface area contributed by atoms with Gasteiger partial charge in [-0.1, -0.05) is 0 Å². The molecule has 0 atom stereocenters. The Morgan fingerprint density at radius 3 is 2.70 bits per heavy atom. The van der Waals surface area contributed by atoms with Crippen LogP contribution in [0.3, 0.4) is 0 Å². The second-order valence-corrected chi connectivity index (χ2v) is 6.99. The summed E-state index contributed by atoms with van der Waals surface area (Å²) in [6.07, 6.45) is 5.83. The van der Waals surface area contributed by atoms with Gasteiger partial charge in [-0.2, -0.15) is 5.10 Å². The first-order chi connectivity index (χ1) is 13.0. The van der Waals surface area contributed by atoms with E-state index in [1.54, 1.807) is 10.7 Å². The van der Waals surface area contributed by atoms with Gasteiger partial charge in [0.2, 0.25) is 5.91 Å². The van der Waals surface area contributed by atoms with Gasteiger partial charge in [-0.05, 0) is 74.8 Å². The number of likely N-dealkylation sites (tertiary alicyclic amines) is 1. The monoisotopic (exact) mass is 368 g/mol. The van der Waals surface area contributed by atoms with Crippen LogP contribution >= 0.6 is 0 Å². The molecule has 3 heterocycles. The van der Waals surface area contributed by atoms with Crippen molar-refractivity contribution in [3.8, 4) is 11.5 Å². The Morgan fingerprint density at radius 1 is 1.22 bits per heavy atom. The van der Waals surface area contributed by atoms with E-state index < -0.39 is 11.7 Å². The van der Waals surface area contributed by atoms with Crippen LogP contribution < -0.4 is 10.5 Å². The smallest absolute Gasteiger partial charge is 0.248 e. The molecule has 7 heteroatoms. The average molecular weight is 368 g/mol. The highest BCUT2D eigenvalue weighted by Crippen LogP contribution is 2.34. The Hall–Kier alpha value is -2.93. The lowest BCUT2D eigenvalue weighted by Gasteiger charge is -2.29. The lowest BCUT2D eigenvalue weighted by molar-refractivity contribution is 0.1000. The highest BCUT2D eigenvalue weighted by atomic mass is 19.1. The molecular weight excluding hydrogens is 347 g/mol. The molecule has 3 aromatic rings. The van der Waals surface area contributed by atoms with Gasteiger partial charge in [-0.15, -0.1) is 0 Å². The lowest BCUT2D eigenvalue weighted by Crippen LogP contribution is -2.29. The molecule has 0 aliphatic carbocycles. The van der Waals surface area contributed by atoms with E-state index in [0.717, 1.165) is 43.1 Å². The first kappa shape index (κ1) is 17.5. The molecule has 4 rings (SSSR count). The van der Waals surface area contributed by atoms with Crippen molar-refractivity contribution in [2.24, 2.45) is 5.73 Å². The van der Waals surface area contributed by atoms with Gasteiger partial charge in [0.05, 0.1) is 6.20 Å². The molecule has 1 aliphatic rings. The van der Waals surface area contributed by atoms with Crippen molar-refractivity contribution in [1.82, 2.24) is 14.5 Å². The van der Waals surface area contributed by atoms with Crippen molar-refractivity contribution < 1.29 is 13.9 Å². The summed E-state index contributed by atoms with van der Waals surface area (Å²) in [4.78, 5) is 13.5.